The van der Waals surface area contributed by atoms with Crippen molar-refractivity contribution in [1.29, 1.82) is 0 Å². The van der Waals surface area contributed by atoms with E-state index in [0.717, 1.165) is 11.1 Å². The van der Waals surface area contributed by atoms with Crippen LogP contribution in [0, 0.1) is 0 Å². The Balaban J connectivity index is 1.80. The fourth-order valence-electron chi connectivity index (χ4n) is 4.17. The fourth-order valence-corrected chi connectivity index (χ4v) is 4.17. The highest BCUT2D eigenvalue weighted by Gasteiger charge is 2.41. The van der Waals surface area contributed by atoms with Gasteiger partial charge in [-0.15, -0.1) is 0 Å². The molecule has 0 atom stereocenters. The highest BCUT2D eigenvalue weighted by atomic mass is 16.5. The predicted octanol–water partition coefficient (Wildman–Crippen LogP) is 4.51. The number of benzene rings is 3. The van der Waals surface area contributed by atoms with E-state index in [1.807, 2.05) is 72.5 Å². The summed E-state index contributed by atoms with van der Waals surface area (Å²) in [6.45, 7) is 3.28. The van der Waals surface area contributed by atoms with Crippen LogP contribution in [0.1, 0.15) is 23.6 Å². The molecule has 0 radical (unpaired) electrons. The van der Waals surface area contributed by atoms with Crippen LogP contribution in [-0.2, 0) is 22.7 Å². The average Bonchev–Trinajstić information content (AvgIpc) is 3.12. The van der Waals surface area contributed by atoms with Crippen molar-refractivity contribution in [3.63, 3.8) is 0 Å². The molecule has 0 N–H and O–H groups in total. The highest BCUT2D eigenvalue weighted by molar-refractivity contribution is 6.35. The Morgan fingerprint density at radius 1 is 0.765 bits per heavy atom. The molecule has 0 spiro atoms. The minimum absolute atomic E-state index is 0.210. The summed E-state index contributed by atoms with van der Waals surface area (Å²) in [5, 5.41) is 0. The standard InChI is InChI=1S/C28H28N2O4/c1-4-29(18-20-11-7-5-8-12-20)26-25(22-15-16-23(33-2)24(17-22)34-3)27(31)30(28(26)32)19-21-13-9-6-10-14-21/h5-17H,4,18-19H2,1-3H3. The van der Waals surface area contributed by atoms with Crippen molar-refractivity contribution in [3.05, 3.63) is 101 Å². The molecule has 34 heavy (non-hydrogen) atoms. The molecule has 6 nitrogen and oxygen atoms in total. The van der Waals surface area contributed by atoms with E-state index in [9.17, 15) is 9.59 Å². The number of rotatable bonds is 9. The van der Waals surface area contributed by atoms with E-state index in [-0.39, 0.29) is 18.4 Å². The summed E-state index contributed by atoms with van der Waals surface area (Å²) >= 11 is 0. The number of nitrogens with zero attached hydrogens (tertiary/aromatic N) is 2. The summed E-state index contributed by atoms with van der Waals surface area (Å²) in [6, 6.07) is 24.8. The molecule has 0 saturated heterocycles. The second-order valence-corrected chi connectivity index (χ2v) is 7.98. The van der Waals surface area contributed by atoms with Gasteiger partial charge in [0, 0.05) is 13.1 Å². The monoisotopic (exact) mass is 456 g/mol. The molecular weight excluding hydrogens is 428 g/mol. The molecule has 0 aliphatic carbocycles. The van der Waals surface area contributed by atoms with Gasteiger partial charge in [0.2, 0.25) is 0 Å². The van der Waals surface area contributed by atoms with E-state index in [0.29, 0.717) is 41.4 Å². The van der Waals surface area contributed by atoms with Gasteiger partial charge in [-0.3, -0.25) is 14.5 Å². The smallest absolute Gasteiger partial charge is 0.278 e. The Hall–Kier alpha value is -4.06. The quantitative estimate of drug-likeness (QED) is 0.444. The molecule has 174 valence electrons. The Labute approximate surface area is 200 Å². The van der Waals surface area contributed by atoms with Crippen molar-refractivity contribution in [1.82, 2.24) is 9.80 Å². The van der Waals surface area contributed by atoms with E-state index < -0.39 is 0 Å². The van der Waals surface area contributed by atoms with Gasteiger partial charge in [0.05, 0.1) is 26.3 Å². The molecule has 0 bridgehead atoms. The Morgan fingerprint density at radius 2 is 1.38 bits per heavy atom. The molecule has 2 amide bonds. The van der Waals surface area contributed by atoms with Crippen molar-refractivity contribution >= 4 is 17.4 Å². The lowest BCUT2D eigenvalue weighted by atomic mass is 10.0. The molecule has 1 heterocycles. The van der Waals surface area contributed by atoms with Crippen LogP contribution in [0.25, 0.3) is 5.57 Å². The summed E-state index contributed by atoms with van der Waals surface area (Å²) in [7, 11) is 3.11. The molecule has 0 fully saturated rings. The minimum atomic E-state index is -0.317. The maximum absolute atomic E-state index is 13.7. The van der Waals surface area contributed by atoms with Gasteiger partial charge in [0.25, 0.3) is 11.8 Å². The van der Waals surface area contributed by atoms with Crippen molar-refractivity contribution in [2.45, 2.75) is 20.0 Å². The first-order valence-corrected chi connectivity index (χ1v) is 11.2. The Bertz CT molecular complexity index is 1210. The van der Waals surface area contributed by atoms with E-state index >= 15 is 0 Å². The lowest BCUT2D eigenvalue weighted by Crippen LogP contribution is -2.34. The number of methoxy groups -OCH3 is 2. The van der Waals surface area contributed by atoms with E-state index in [4.69, 9.17) is 9.47 Å². The Morgan fingerprint density at radius 3 is 1.97 bits per heavy atom. The van der Waals surface area contributed by atoms with Crippen LogP contribution in [0.5, 0.6) is 11.5 Å². The second-order valence-electron chi connectivity index (χ2n) is 7.98. The average molecular weight is 457 g/mol. The summed E-state index contributed by atoms with van der Waals surface area (Å²) in [5.41, 5.74) is 3.35. The first-order chi connectivity index (χ1) is 16.6. The maximum Gasteiger partial charge on any atom is 0.278 e. The number of hydrogen-bond donors (Lipinski definition) is 0. The topological polar surface area (TPSA) is 59.1 Å². The van der Waals surface area contributed by atoms with Crippen LogP contribution in [0.4, 0.5) is 0 Å². The van der Waals surface area contributed by atoms with Crippen LogP contribution < -0.4 is 9.47 Å². The van der Waals surface area contributed by atoms with Gasteiger partial charge in [0.15, 0.2) is 11.5 Å². The van der Waals surface area contributed by atoms with Gasteiger partial charge in [0.1, 0.15) is 5.70 Å². The molecule has 1 aliphatic heterocycles. The molecule has 0 unspecified atom stereocenters. The number of likely N-dealkylation sites (N-methyl/N-ethyl adjacent to an activating group) is 1. The van der Waals surface area contributed by atoms with Crippen molar-refractivity contribution in [2.24, 2.45) is 0 Å². The number of imide groups is 1. The largest absolute Gasteiger partial charge is 0.493 e. The highest BCUT2D eigenvalue weighted by Crippen LogP contribution is 2.37. The van der Waals surface area contributed by atoms with Crippen molar-refractivity contribution in [3.8, 4) is 11.5 Å². The summed E-state index contributed by atoms with van der Waals surface area (Å²) in [4.78, 5) is 30.7. The lowest BCUT2D eigenvalue weighted by molar-refractivity contribution is -0.138. The van der Waals surface area contributed by atoms with Crippen molar-refractivity contribution in [2.75, 3.05) is 20.8 Å². The van der Waals surface area contributed by atoms with E-state index in [1.165, 1.54) is 4.90 Å². The molecule has 3 aromatic carbocycles. The third kappa shape index (κ3) is 4.53. The molecule has 0 aromatic heterocycles. The summed E-state index contributed by atoms with van der Waals surface area (Å²) in [6.07, 6.45) is 0. The SMILES string of the molecule is CCN(Cc1ccccc1)C1=C(c2ccc(OC)c(OC)c2)C(=O)N(Cc2ccccc2)C1=O. The molecule has 1 aliphatic rings. The van der Waals surface area contributed by atoms with Gasteiger partial charge in [-0.1, -0.05) is 66.7 Å². The van der Waals surface area contributed by atoms with E-state index in [1.54, 1.807) is 32.4 Å². The normalized spacial score (nSPS) is 13.4. The van der Waals surface area contributed by atoms with Crippen LogP contribution in [0.2, 0.25) is 0 Å². The zero-order chi connectivity index (χ0) is 24.1. The fraction of sp³-hybridized carbons (Fsp3) is 0.214. The van der Waals surface area contributed by atoms with Crippen LogP contribution >= 0.6 is 0 Å². The van der Waals surface area contributed by atoms with Gasteiger partial charge in [-0.05, 0) is 35.7 Å². The molecule has 6 heteroatoms. The number of ether oxygens (including phenoxy) is 2. The third-order valence-corrected chi connectivity index (χ3v) is 5.91. The molecule has 4 rings (SSSR count). The molecule has 0 saturated carbocycles. The summed E-state index contributed by atoms with van der Waals surface area (Å²) in [5.74, 6) is 0.446. The first-order valence-electron chi connectivity index (χ1n) is 11.2. The second kappa shape index (κ2) is 10.3. The molecule has 3 aromatic rings. The van der Waals surface area contributed by atoms with E-state index in [2.05, 4.69) is 0 Å². The zero-order valence-electron chi connectivity index (χ0n) is 19.7. The van der Waals surface area contributed by atoms with Crippen LogP contribution in [0.3, 0.4) is 0 Å². The number of hydrogen-bond acceptors (Lipinski definition) is 5. The number of carbonyl (C=O) groups is 2. The Kier molecular flexibility index (Phi) is 6.97. The van der Waals surface area contributed by atoms with Gasteiger partial charge in [-0.25, -0.2) is 0 Å². The predicted molar refractivity (Wildman–Crippen MR) is 131 cm³/mol. The van der Waals surface area contributed by atoms with Crippen LogP contribution in [0.15, 0.2) is 84.6 Å². The molecular formula is C28H28N2O4. The van der Waals surface area contributed by atoms with Crippen LogP contribution in [-0.4, -0.2) is 42.4 Å². The third-order valence-electron chi connectivity index (χ3n) is 5.91. The summed E-state index contributed by atoms with van der Waals surface area (Å²) < 4.78 is 10.8. The van der Waals surface area contributed by atoms with Gasteiger partial charge in [-0.2, -0.15) is 0 Å². The number of amides is 2. The lowest BCUT2D eigenvalue weighted by Gasteiger charge is -2.25. The van der Waals surface area contributed by atoms with Gasteiger partial charge >= 0.3 is 0 Å². The number of carbonyl (C=O) groups excluding carboxylic acids is 2. The minimum Gasteiger partial charge on any atom is -0.493 e. The first kappa shape index (κ1) is 23.1. The van der Waals surface area contributed by atoms with Crippen molar-refractivity contribution < 1.29 is 19.1 Å². The zero-order valence-corrected chi connectivity index (χ0v) is 19.7. The maximum atomic E-state index is 13.7. The van der Waals surface area contributed by atoms with Gasteiger partial charge < -0.3 is 14.4 Å².